The van der Waals surface area contributed by atoms with E-state index >= 15 is 0 Å². The normalized spacial score (nSPS) is 10.9. The van der Waals surface area contributed by atoms with Crippen molar-refractivity contribution in [2.45, 2.75) is 6.54 Å². The van der Waals surface area contributed by atoms with Gasteiger partial charge in [0.05, 0.1) is 23.9 Å². The molecular weight excluding hydrogens is 255 g/mol. The molecule has 5 heteroatoms. The topological polar surface area (TPSA) is 74.2 Å². The summed E-state index contributed by atoms with van der Waals surface area (Å²) >= 11 is 0. The molecule has 0 aliphatic carbocycles. The van der Waals surface area contributed by atoms with E-state index in [0.29, 0.717) is 6.54 Å². The lowest BCUT2D eigenvalue weighted by Crippen LogP contribution is -2.23. The standard InChI is InChI=1S/C15H13FN4/c16-13-8-12(9-17)6-7-14(13)20-15(18)19-10-11-4-2-1-3-5-11/h1-8H,10H2,(H3,18,19,20). The van der Waals surface area contributed by atoms with E-state index in [0.717, 1.165) is 11.6 Å². The number of nitrogens with zero attached hydrogens (tertiary/aromatic N) is 2. The van der Waals surface area contributed by atoms with Crippen LogP contribution in [0.5, 0.6) is 0 Å². The van der Waals surface area contributed by atoms with E-state index < -0.39 is 5.82 Å². The quantitative estimate of drug-likeness (QED) is 0.663. The molecule has 0 fully saturated rings. The summed E-state index contributed by atoms with van der Waals surface area (Å²) in [5.41, 5.74) is 7.16. The molecule has 0 aromatic heterocycles. The van der Waals surface area contributed by atoms with Crippen LogP contribution in [0.3, 0.4) is 0 Å². The van der Waals surface area contributed by atoms with E-state index in [1.165, 1.54) is 12.1 Å². The Hall–Kier alpha value is -2.87. The van der Waals surface area contributed by atoms with Crippen molar-refractivity contribution in [3.05, 3.63) is 65.5 Å². The number of nitrogens with one attached hydrogen (secondary N) is 1. The Bertz CT molecular complexity index is 659. The molecule has 0 spiro atoms. The second kappa shape index (κ2) is 6.34. The molecule has 20 heavy (non-hydrogen) atoms. The van der Waals surface area contributed by atoms with Crippen LogP contribution in [-0.2, 0) is 6.54 Å². The largest absolute Gasteiger partial charge is 0.370 e. The highest BCUT2D eigenvalue weighted by Gasteiger charge is 2.04. The molecule has 2 aromatic carbocycles. The van der Waals surface area contributed by atoms with Crippen LogP contribution in [0.1, 0.15) is 11.1 Å². The monoisotopic (exact) mass is 268 g/mol. The summed E-state index contributed by atoms with van der Waals surface area (Å²) < 4.78 is 13.6. The Balaban J connectivity index is 2.04. The number of hydrogen-bond donors (Lipinski definition) is 2. The lowest BCUT2D eigenvalue weighted by atomic mass is 10.2. The number of rotatable bonds is 3. The summed E-state index contributed by atoms with van der Waals surface area (Å²) in [6.45, 7) is 0.414. The average Bonchev–Trinajstić information content (AvgIpc) is 2.48. The Morgan fingerprint density at radius 2 is 2.00 bits per heavy atom. The molecule has 2 rings (SSSR count). The third-order valence-electron chi connectivity index (χ3n) is 2.64. The first-order valence-corrected chi connectivity index (χ1v) is 5.99. The maximum Gasteiger partial charge on any atom is 0.193 e. The van der Waals surface area contributed by atoms with Crippen molar-refractivity contribution in [2.24, 2.45) is 10.7 Å². The van der Waals surface area contributed by atoms with Gasteiger partial charge in [-0.1, -0.05) is 30.3 Å². The van der Waals surface area contributed by atoms with Crippen molar-refractivity contribution in [3.63, 3.8) is 0 Å². The molecule has 0 atom stereocenters. The molecule has 0 saturated heterocycles. The fourth-order valence-electron chi connectivity index (χ4n) is 1.62. The Labute approximate surface area is 116 Å². The number of nitriles is 1. The summed E-state index contributed by atoms with van der Waals surface area (Å²) in [7, 11) is 0. The minimum Gasteiger partial charge on any atom is -0.370 e. The van der Waals surface area contributed by atoms with Gasteiger partial charge in [0.15, 0.2) is 5.96 Å². The summed E-state index contributed by atoms with van der Waals surface area (Å²) in [4.78, 5) is 4.13. The van der Waals surface area contributed by atoms with E-state index in [1.807, 2.05) is 36.4 Å². The van der Waals surface area contributed by atoms with E-state index in [1.54, 1.807) is 0 Å². The van der Waals surface area contributed by atoms with Crippen LogP contribution < -0.4 is 11.1 Å². The maximum absolute atomic E-state index is 13.6. The molecule has 100 valence electrons. The molecule has 0 aliphatic rings. The predicted molar refractivity (Wildman–Crippen MR) is 76.5 cm³/mol. The smallest absolute Gasteiger partial charge is 0.193 e. The fraction of sp³-hybridized carbons (Fsp3) is 0.0667. The van der Waals surface area contributed by atoms with E-state index in [2.05, 4.69) is 10.3 Å². The fourth-order valence-corrected chi connectivity index (χ4v) is 1.62. The van der Waals surface area contributed by atoms with Gasteiger partial charge in [0.2, 0.25) is 0 Å². The highest BCUT2D eigenvalue weighted by atomic mass is 19.1. The summed E-state index contributed by atoms with van der Waals surface area (Å²) in [5, 5.41) is 11.3. The van der Waals surface area contributed by atoms with Gasteiger partial charge in [-0.2, -0.15) is 5.26 Å². The van der Waals surface area contributed by atoms with Gasteiger partial charge in [0.25, 0.3) is 0 Å². The molecule has 0 radical (unpaired) electrons. The van der Waals surface area contributed by atoms with E-state index in [9.17, 15) is 4.39 Å². The molecule has 3 N–H and O–H groups in total. The van der Waals surface area contributed by atoms with Crippen LogP contribution in [-0.4, -0.2) is 5.96 Å². The Kier molecular flexibility index (Phi) is 4.30. The predicted octanol–water partition coefficient (Wildman–Crippen LogP) is 2.62. The zero-order chi connectivity index (χ0) is 14.4. The highest BCUT2D eigenvalue weighted by Crippen LogP contribution is 2.15. The number of guanidine groups is 1. The van der Waals surface area contributed by atoms with Crippen LogP contribution in [0.25, 0.3) is 0 Å². The van der Waals surface area contributed by atoms with Gasteiger partial charge >= 0.3 is 0 Å². The molecule has 0 bridgehead atoms. The van der Waals surface area contributed by atoms with Gasteiger partial charge in [-0.05, 0) is 23.8 Å². The summed E-state index contributed by atoms with van der Waals surface area (Å²) in [5.74, 6) is -0.417. The summed E-state index contributed by atoms with van der Waals surface area (Å²) in [6, 6.07) is 15.6. The molecule has 0 saturated carbocycles. The van der Waals surface area contributed by atoms with Crippen LogP contribution in [0.2, 0.25) is 0 Å². The summed E-state index contributed by atoms with van der Waals surface area (Å²) in [6.07, 6.45) is 0. The van der Waals surface area contributed by atoms with Crippen LogP contribution in [0.4, 0.5) is 10.1 Å². The first-order chi connectivity index (χ1) is 9.69. The zero-order valence-electron chi connectivity index (χ0n) is 10.7. The van der Waals surface area contributed by atoms with Gasteiger partial charge in [-0.3, -0.25) is 0 Å². The molecule has 2 aromatic rings. The molecular formula is C15H13FN4. The number of halogens is 1. The van der Waals surface area contributed by atoms with Crippen LogP contribution in [0, 0.1) is 17.1 Å². The number of benzene rings is 2. The van der Waals surface area contributed by atoms with Crippen LogP contribution >= 0.6 is 0 Å². The number of aliphatic imine (C=N–C) groups is 1. The third kappa shape index (κ3) is 3.56. The minimum atomic E-state index is -0.540. The highest BCUT2D eigenvalue weighted by molar-refractivity contribution is 5.92. The van der Waals surface area contributed by atoms with Crippen molar-refractivity contribution in [3.8, 4) is 6.07 Å². The second-order valence-electron chi connectivity index (χ2n) is 4.12. The van der Waals surface area contributed by atoms with E-state index in [4.69, 9.17) is 11.0 Å². The van der Waals surface area contributed by atoms with Gasteiger partial charge in [-0.25, -0.2) is 9.38 Å². The number of anilines is 1. The number of nitrogens with two attached hydrogens (primary N) is 1. The van der Waals surface area contributed by atoms with Crippen molar-refractivity contribution in [1.29, 1.82) is 5.26 Å². The first kappa shape index (κ1) is 13.6. The average molecular weight is 268 g/mol. The molecule has 0 unspecified atom stereocenters. The van der Waals surface area contributed by atoms with Gasteiger partial charge in [0.1, 0.15) is 5.82 Å². The van der Waals surface area contributed by atoms with Crippen molar-refractivity contribution in [2.75, 3.05) is 5.32 Å². The Morgan fingerprint density at radius 1 is 1.25 bits per heavy atom. The SMILES string of the molecule is N#Cc1ccc(NC(N)=NCc2ccccc2)c(F)c1. The minimum absolute atomic E-state index is 0.123. The third-order valence-corrected chi connectivity index (χ3v) is 2.64. The van der Waals surface area contributed by atoms with Gasteiger partial charge in [0, 0.05) is 0 Å². The first-order valence-electron chi connectivity index (χ1n) is 5.99. The zero-order valence-corrected chi connectivity index (χ0v) is 10.7. The Morgan fingerprint density at radius 3 is 2.65 bits per heavy atom. The number of hydrogen-bond acceptors (Lipinski definition) is 2. The van der Waals surface area contributed by atoms with Gasteiger partial charge < -0.3 is 11.1 Å². The molecule has 0 heterocycles. The molecule has 0 aliphatic heterocycles. The van der Waals surface area contributed by atoms with Gasteiger partial charge in [-0.15, -0.1) is 0 Å². The van der Waals surface area contributed by atoms with Crippen molar-refractivity contribution in [1.82, 2.24) is 0 Å². The van der Waals surface area contributed by atoms with Crippen molar-refractivity contribution < 1.29 is 4.39 Å². The van der Waals surface area contributed by atoms with Crippen LogP contribution in [0.15, 0.2) is 53.5 Å². The lowest BCUT2D eigenvalue weighted by Gasteiger charge is -2.07. The second-order valence-corrected chi connectivity index (χ2v) is 4.12. The molecule has 0 amide bonds. The van der Waals surface area contributed by atoms with Crippen molar-refractivity contribution >= 4 is 11.6 Å². The molecule has 4 nitrogen and oxygen atoms in total. The lowest BCUT2D eigenvalue weighted by molar-refractivity contribution is 0.631. The maximum atomic E-state index is 13.6. The van der Waals surface area contributed by atoms with E-state index in [-0.39, 0.29) is 17.2 Å².